The fourth-order valence-electron chi connectivity index (χ4n) is 5.74. The molecule has 214 valence electrons. The van der Waals surface area contributed by atoms with E-state index < -0.39 is 29.7 Å². The minimum absolute atomic E-state index is 0.0635. The number of amides is 4. The van der Waals surface area contributed by atoms with Crippen molar-refractivity contribution in [1.29, 1.82) is 0 Å². The van der Waals surface area contributed by atoms with E-state index >= 15 is 0 Å². The van der Waals surface area contributed by atoms with Crippen molar-refractivity contribution in [2.45, 2.75) is 38.3 Å². The summed E-state index contributed by atoms with van der Waals surface area (Å²) in [5, 5.41) is 6.45. The monoisotopic (exact) mass is 576 g/mol. The van der Waals surface area contributed by atoms with Crippen LogP contribution >= 0.6 is 0 Å². The molecule has 0 spiro atoms. The summed E-state index contributed by atoms with van der Waals surface area (Å²) in [4.78, 5) is 70.6. The molecule has 6 heterocycles. The summed E-state index contributed by atoms with van der Waals surface area (Å²) in [7, 11) is 0. The summed E-state index contributed by atoms with van der Waals surface area (Å²) >= 11 is 0. The van der Waals surface area contributed by atoms with Gasteiger partial charge in [0.25, 0.3) is 11.8 Å². The first-order valence-corrected chi connectivity index (χ1v) is 13.8. The third-order valence-electron chi connectivity index (χ3n) is 7.77. The minimum Gasteiger partial charge on any atom is -0.357 e. The first kappa shape index (κ1) is 26.3. The summed E-state index contributed by atoms with van der Waals surface area (Å²) in [6, 6.07) is 8.71. The predicted octanol–water partition coefficient (Wildman–Crippen LogP) is 2.28. The van der Waals surface area contributed by atoms with Gasteiger partial charge in [0.05, 0.1) is 6.54 Å². The Hall–Kier alpha value is -5.59. The Morgan fingerprint density at radius 3 is 2.37 bits per heavy atom. The standard InChI is InChI=1S/C30H24N8O5/c39-24-4-3-23(28(40)34-24)38-29(41)22-2-1-9-37(26(22)30(38)42)15-25-35-27(36-43-25)20-11-18(17-5-7-31-8-6-17)10-19(12-20)21-13-32-16-33-14-21/h5-8,10-14,16,23H,1-4,9,15H2,(H,34,39,40). The van der Waals surface area contributed by atoms with Gasteiger partial charge < -0.3 is 9.42 Å². The van der Waals surface area contributed by atoms with Crippen LogP contribution in [0.1, 0.15) is 31.6 Å². The van der Waals surface area contributed by atoms with Crippen molar-refractivity contribution in [3.63, 3.8) is 0 Å². The molecule has 0 saturated carbocycles. The zero-order chi connectivity index (χ0) is 29.5. The number of benzene rings is 1. The summed E-state index contributed by atoms with van der Waals surface area (Å²) in [6.07, 6.45) is 9.58. The molecule has 1 aromatic carbocycles. The highest BCUT2D eigenvalue weighted by atomic mass is 16.5. The van der Waals surface area contributed by atoms with Gasteiger partial charge in [-0.2, -0.15) is 4.98 Å². The zero-order valence-electron chi connectivity index (χ0n) is 22.8. The van der Waals surface area contributed by atoms with Gasteiger partial charge in [-0.25, -0.2) is 9.97 Å². The fourth-order valence-corrected chi connectivity index (χ4v) is 5.74. The summed E-state index contributed by atoms with van der Waals surface area (Å²) in [6.45, 7) is 0.603. The summed E-state index contributed by atoms with van der Waals surface area (Å²) in [5.74, 6) is -1.47. The Morgan fingerprint density at radius 1 is 0.860 bits per heavy atom. The summed E-state index contributed by atoms with van der Waals surface area (Å²) < 4.78 is 5.62. The Kier molecular flexibility index (Phi) is 6.53. The number of nitrogens with one attached hydrogen (secondary N) is 1. The molecule has 7 rings (SSSR count). The quantitative estimate of drug-likeness (QED) is 0.335. The van der Waals surface area contributed by atoms with Crippen molar-refractivity contribution in [3.8, 4) is 33.6 Å². The maximum atomic E-state index is 13.5. The Bertz CT molecular complexity index is 1750. The fraction of sp³-hybridized carbons (Fsp3) is 0.233. The molecular weight excluding hydrogens is 552 g/mol. The molecule has 1 fully saturated rings. The third kappa shape index (κ3) is 4.84. The van der Waals surface area contributed by atoms with Gasteiger partial charge >= 0.3 is 0 Å². The second-order valence-corrected chi connectivity index (χ2v) is 10.5. The van der Waals surface area contributed by atoms with Crippen molar-refractivity contribution in [2.24, 2.45) is 0 Å². The maximum absolute atomic E-state index is 13.5. The Balaban J connectivity index is 1.17. The van der Waals surface area contributed by atoms with Gasteiger partial charge in [0, 0.05) is 54.5 Å². The molecule has 13 heteroatoms. The lowest BCUT2D eigenvalue weighted by atomic mass is 9.97. The molecule has 43 heavy (non-hydrogen) atoms. The minimum atomic E-state index is -1.02. The van der Waals surface area contributed by atoms with E-state index in [1.54, 1.807) is 29.7 Å². The van der Waals surface area contributed by atoms with Crippen LogP contribution in [-0.4, -0.2) is 71.1 Å². The molecule has 4 amide bonds. The molecule has 3 aliphatic rings. The topological polar surface area (TPSA) is 164 Å². The van der Waals surface area contributed by atoms with Crippen LogP contribution < -0.4 is 5.32 Å². The number of piperidine rings is 1. The average Bonchev–Trinajstić information content (AvgIpc) is 3.60. The van der Waals surface area contributed by atoms with Gasteiger partial charge in [-0.3, -0.25) is 34.4 Å². The first-order valence-electron chi connectivity index (χ1n) is 13.8. The number of carbonyl (C=O) groups is 4. The maximum Gasteiger partial charge on any atom is 0.278 e. The molecule has 0 radical (unpaired) electrons. The van der Waals surface area contributed by atoms with Crippen LogP contribution in [0.5, 0.6) is 0 Å². The SMILES string of the molecule is O=C1CCC(N2C(=O)C3=C(C2=O)N(Cc2nc(-c4cc(-c5ccncc5)cc(-c5cncnc5)c4)no2)CCC3)C(=O)N1. The molecule has 1 N–H and O–H groups in total. The van der Waals surface area contributed by atoms with Gasteiger partial charge in [0.2, 0.25) is 23.5 Å². The van der Waals surface area contributed by atoms with Crippen LogP contribution in [0.15, 0.2) is 77.2 Å². The number of rotatable bonds is 6. The van der Waals surface area contributed by atoms with Gasteiger partial charge in [-0.1, -0.05) is 5.16 Å². The number of imide groups is 2. The smallest absolute Gasteiger partial charge is 0.278 e. The second kappa shape index (κ2) is 10.7. The number of carbonyl (C=O) groups excluding carboxylic acids is 4. The van der Waals surface area contributed by atoms with Gasteiger partial charge in [0.15, 0.2) is 0 Å². The van der Waals surface area contributed by atoms with E-state index in [0.29, 0.717) is 36.3 Å². The van der Waals surface area contributed by atoms with Crippen LogP contribution in [0.4, 0.5) is 0 Å². The van der Waals surface area contributed by atoms with Crippen molar-refractivity contribution in [2.75, 3.05) is 6.54 Å². The van der Waals surface area contributed by atoms with Crippen LogP contribution in [0.2, 0.25) is 0 Å². The van der Waals surface area contributed by atoms with Crippen LogP contribution in [0, 0.1) is 0 Å². The molecule has 0 aliphatic carbocycles. The lowest BCUT2D eigenvalue weighted by Gasteiger charge is -2.29. The molecule has 13 nitrogen and oxygen atoms in total. The van der Waals surface area contributed by atoms with Crippen molar-refractivity contribution >= 4 is 23.6 Å². The van der Waals surface area contributed by atoms with Crippen LogP contribution in [-0.2, 0) is 25.7 Å². The molecule has 3 aliphatic heterocycles. The lowest BCUT2D eigenvalue weighted by molar-refractivity contribution is -0.150. The molecule has 3 aromatic heterocycles. The largest absolute Gasteiger partial charge is 0.357 e. The highest BCUT2D eigenvalue weighted by Gasteiger charge is 2.48. The van der Waals surface area contributed by atoms with Gasteiger partial charge in [-0.15, -0.1) is 0 Å². The van der Waals surface area contributed by atoms with Crippen LogP contribution in [0.25, 0.3) is 33.6 Å². The number of pyridine rings is 1. The molecule has 4 aromatic rings. The van der Waals surface area contributed by atoms with E-state index in [-0.39, 0.29) is 31.0 Å². The van der Waals surface area contributed by atoms with E-state index in [2.05, 4.69) is 30.4 Å². The number of nitrogens with zero attached hydrogens (tertiary/aromatic N) is 7. The van der Waals surface area contributed by atoms with E-state index in [4.69, 9.17) is 4.52 Å². The van der Waals surface area contributed by atoms with Crippen molar-refractivity contribution < 1.29 is 23.7 Å². The molecule has 0 bridgehead atoms. The first-order chi connectivity index (χ1) is 21.0. The summed E-state index contributed by atoms with van der Waals surface area (Å²) in [5.41, 5.74) is 4.87. The number of hydrogen-bond acceptors (Lipinski definition) is 11. The molecule has 1 unspecified atom stereocenters. The number of hydrogen-bond donors (Lipinski definition) is 1. The predicted molar refractivity (Wildman–Crippen MR) is 149 cm³/mol. The number of aromatic nitrogens is 5. The van der Waals surface area contributed by atoms with Gasteiger partial charge in [0.1, 0.15) is 18.1 Å². The molecule has 1 atom stereocenters. The van der Waals surface area contributed by atoms with Crippen molar-refractivity contribution in [1.82, 2.24) is 40.2 Å². The van der Waals surface area contributed by atoms with Gasteiger partial charge in [-0.05, 0) is 66.3 Å². The highest BCUT2D eigenvalue weighted by molar-refractivity contribution is 6.21. The Morgan fingerprint density at radius 2 is 1.60 bits per heavy atom. The van der Waals surface area contributed by atoms with E-state index in [1.807, 2.05) is 30.3 Å². The second-order valence-electron chi connectivity index (χ2n) is 10.5. The van der Waals surface area contributed by atoms with Crippen LogP contribution in [0.3, 0.4) is 0 Å². The lowest BCUT2D eigenvalue weighted by Crippen LogP contribution is -2.55. The highest BCUT2D eigenvalue weighted by Crippen LogP contribution is 2.35. The molecule has 1 saturated heterocycles. The van der Waals surface area contributed by atoms with E-state index in [1.165, 1.54) is 6.33 Å². The average molecular weight is 577 g/mol. The normalized spacial score (nSPS) is 18.7. The van der Waals surface area contributed by atoms with Crippen molar-refractivity contribution in [3.05, 3.63) is 78.6 Å². The van der Waals surface area contributed by atoms with E-state index in [9.17, 15) is 19.2 Å². The van der Waals surface area contributed by atoms with E-state index in [0.717, 1.165) is 27.2 Å². The zero-order valence-corrected chi connectivity index (χ0v) is 22.8. The third-order valence-corrected chi connectivity index (χ3v) is 7.77. The molecular formula is C30H24N8O5. The Labute approximate surface area is 244 Å².